The molecule has 0 saturated carbocycles. The van der Waals surface area contributed by atoms with Crippen LogP contribution in [0.4, 0.5) is 0 Å². The van der Waals surface area contributed by atoms with Gasteiger partial charge in [-0.05, 0) is 12.3 Å². The van der Waals surface area contributed by atoms with E-state index in [0.717, 1.165) is 19.6 Å². The van der Waals surface area contributed by atoms with Gasteiger partial charge in [0.1, 0.15) is 0 Å². The van der Waals surface area contributed by atoms with Crippen LogP contribution in [0.1, 0.15) is 32.6 Å². The summed E-state index contributed by atoms with van der Waals surface area (Å²) in [7, 11) is 0. The Hall–Kier alpha value is -0.450. The van der Waals surface area contributed by atoms with Gasteiger partial charge in [0.2, 0.25) is 0 Å². The molecule has 1 saturated heterocycles. The van der Waals surface area contributed by atoms with Crippen molar-refractivity contribution in [3.63, 3.8) is 0 Å². The molecule has 0 spiro atoms. The molecule has 2 unspecified atom stereocenters. The van der Waals surface area contributed by atoms with Crippen LogP contribution in [0, 0.1) is 5.41 Å². The predicted molar refractivity (Wildman–Crippen MR) is 73.2 cm³/mol. The third-order valence-corrected chi connectivity index (χ3v) is 4.35. The van der Waals surface area contributed by atoms with E-state index in [9.17, 15) is 0 Å². The van der Waals surface area contributed by atoms with Crippen LogP contribution < -0.4 is 5.32 Å². The monoisotopic (exact) mass is 253 g/mol. The summed E-state index contributed by atoms with van der Waals surface area (Å²) in [6.45, 7) is 12.5. The van der Waals surface area contributed by atoms with Crippen molar-refractivity contribution >= 4 is 11.3 Å². The van der Waals surface area contributed by atoms with Crippen LogP contribution >= 0.6 is 11.3 Å². The summed E-state index contributed by atoms with van der Waals surface area (Å²) in [5.41, 5.74) is 2.25. The van der Waals surface area contributed by atoms with E-state index in [2.05, 4.69) is 42.9 Å². The molecule has 1 aromatic heterocycles. The lowest BCUT2D eigenvalue weighted by atomic mass is 9.85. The summed E-state index contributed by atoms with van der Waals surface area (Å²) in [5.74, 6) is 0. The molecule has 0 aromatic carbocycles. The number of thiazole rings is 1. The second-order valence-corrected chi connectivity index (χ2v) is 7.04. The molecule has 1 aliphatic heterocycles. The lowest BCUT2D eigenvalue weighted by Gasteiger charge is -2.43. The molecule has 3 nitrogen and oxygen atoms in total. The lowest BCUT2D eigenvalue weighted by molar-refractivity contribution is 0.0885. The average molecular weight is 253 g/mol. The second kappa shape index (κ2) is 5.04. The molecular formula is C13H23N3S. The molecule has 1 aliphatic rings. The van der Waals surface area contributed by atoms with Crippen LogP contribution in [0.5, 0.6) is 0 Å². The Bertz CT molecular complexity index is 342. The first kappa shape index (κ1) is 13.0. The molecule has 0 amide bonds. The maximum Gasteiger partial charge on any atom is 0.0794 e. The first-order valence-electron chi connectivity index (χ1n) is 6.31. The van der Waals surface area contributed by atoms with Crippen molar-refractivity contribution in [2.24, 2.45) is 5.41 Å². The van der Waals surface area contributed by atoms with Gasteiger partial charge in [0.15, 0.2) is 0 Å². The number of aromatic nitrogens is 1. The summed E-state index contributed by atoms with van der Waals surface area (Å²) >= 11 is 1.75. The van der Waals surface area contributed by atoms with Crippen molar-refractivity contribution in [3.8, 4) is 0 Å². The number of nitrogens with zero attached hydrogens (tertiary/aromatic N) is 2. The van der Waals surface area contributed by atoms with Crippen molar-refractivity contribution in [1.29, 1.82) is 0 Å². The predicted octanol–water partition coefficient (Wildman–Crippen LogP) is 2.35. The standard InChI is InChI=1S/C13H23N3S/c1-10-5-15-12(13(2,3)4)8-16(10)7-11-6-14-9-17-11/h6,9-10,12,15H,5,7-8H2,1-4H3. The molecule has 0 aliphatic carbocycles. The van der Waals surface area contributed by atoms with Gasteiger partial charge in [-0.1, -0.05) is 20.8 Å². The first-order chi connectivity index (χ1) is 7.97. The zero-order valence-corrected chi connectivity index (χ0v) is 12.0. The van der Waals surface area contributed by atoms with Crippen LogP contribution in [0.2, 0.25) is 0 Å². The molecule has 2 atom stereocenters. The fourth-order valence-electron chi connectivity index (χ4n) is 2.24. The topological polar surface area (TPSA) is 28.2 Å². The molecule has 17 heavy (non-hydrogen) atoms. The number of piperazine rings is 1. The van der Waals surface area contributed by atoms with Gasteiger partial charge < -0.3 is 5.32 Å². The molecule has 2 heterocycles. The molecule has 0 radical (unpaired) electrons. The number of nitrogens with one attached hydrogen (secondary N) is 1. The van der Waals surface area contributed by atoms with Gasteiger partial charge >= 0.3 is 0 Å². The molecule has 1 fully saturated rings. The molecule has 1 aromatic rings. The molecule has 1 N–H and O–H groups in total. The highest BCUT2D eigenvalue weighted by Crippen LogP contribution is 2.24. The summed E-state index contributed by atoms with van der Waals surface area (Å²) in [5, 5.41) is 3.66. The summed E-state index contributed by atoms with van der Waals surface area (Å²) in [6, 6.07) is 1.18. The van der Waals surface area contributed by atoms with Gasteiger partial charge in [-0.15, -0.1) is 11.3 Å². The van der Waals surface area contributed by atoms with Crippen molar-refractivity contribution in [2.75, 3.05) is 13.1 Å². The number of rotatable bonds is 2. The smallest absolute Gasteiger partial charge is 0.0794 e. The molecule has 2 rings (SSSR count). The SMILES string of the molecule is CC1CNC(C(C)(C)C)CN1Cc1cncs1. The van der Waals surface area contributed by atoms with E-state index in [4.69, 9.17) is 0 Å². The van der Waals surface area contributed by atoms with Gasteiger partial charge in [-0.2, -0.15) is 0 Å². The van der Waals surface area contributed by atoms with E-state index in [-0.39, 0.29) is 0 Å². The van der Waals surface area contributed by atoms with Crippen molar-refractivity contribution < 1.29 is 0 Å². The summed E-state index contributed by atoms with van der Waals surface area (Å²) in [4.78, 5) is 8.09. The Balaban J connectivity index is 2.00. The van der Waals surface area contributed by atoms with Crippen LogP contribution in [0.3, 0.4) is 0 Å². The van der Waals surface area contributed by atoms with Gasteiger partial charge in [-0.25, -0.2) is 0 Å². The Labute approximate surface area is 108 Å². The van der Waals surface area contributed by atoms with Crippen molar-refractivity contribution in [1.82, 2.24) is 15.2 Å². The highest BCUT2D eigenvalue weighted by atomic mass is 32.1. The van der Waals surface area contributed by atoms with Crippen LogP contribution in [-0.4, -0.2) is 35.1 Å². The zero-order chi connectivity index (χ0) is 12.5. The van der Waals surface area contributed by atoms with E-state index >= 15 is 0 Å². The average Bonchev–Trinajstić information content (AvgIpc) is 2.72. The summed E-state index contributed by atoms with van der Waals surface area (Å²) in [6.07, 6.45) is 1.99. The van der Waals surface area contributed by atoms with Gasteiger partial charge in [0.25, 0.3) is 0 Å². The fraction of sp³-hybridized carbons (Fsp3) is 0.769. The highest BCUT2D eigenvalue weighted by molar-refractivity contribution is 7.09. The van der Waals surface area contributed by atoms with E-state index in [1.807, 2.05) is 11.7 Å². The van der Waals surface area contributed by atoms with E-state index in [0.29, 0.717) is 17.5 Å². The number of hydrogen-bond donors (Lipinski definition) is 1. The molecule has 96 valence electrons. The third-order valence-electron chi connectivity index (χ3n) is 3.59. The van der Waals surface area contributed by atoms with Gasteiger partial charge in [0.05, 0.1) is 5.51 Å². The molecule has 4 heteroatoms. The largest absolute Gasteiger partial charge is 0.311 e. The van der Waals surface area contributed by atoms with Crippen LogP contribution in [0.25, 0.3) is 0 Å². The van der Waals surface area contributed by atoms with Crippen molar-refractivity contribution in [2.45, 2.75) is 46.3 Å². The minimum atomic E-state index is 0.325. The highest BCUT2D eigenvalue weighted by Gasteiger charge is 2.32. The molecule has 0 bridgehead atoms. The maximum atomic E-state index is 4.16. The lowest BCUT2D eigenvalue weighted by Crippen LogP contribution is -2.59. The third kappa shape index (κ3) is 3.27. The van der Waals surface area contributed by atoms with Crippen molar-refractivity contribution in [3.05, 3.63) is 16.6 Å². The normalized spacial score (nSPS) is 27.3. The second-order valence-electron chi connectivity index (χ2n) is 6.07. The molecular weight excluding hydrogens is 230 g/mol. The van der Waals surface area contributed by atoms with Crippen LogP contribution in [0.15, 0.2) is 11.7 Å². The number of hydrogen-bond acceptors (Lipinski definition) is 4. The minimum Gasteiger partial charge on any atom is -0.311 e. The van der Waals surface area contributed by atoms with E-state index in [1.165, 1.54) is 4.88 Å². The summed E-state index contributed by atoms with van der Waals surface area (Å²) < 4.78 is 0. The Kier molecular flexibility index (Phi) is 3.85. The quantitative estimate of drug-likeness (QED) is 0.877. The first-order valence-corrected chi connectivity index (χ1v) is 7.19. The van der Waals surface area contributed by atoms with Gasteiger partial charge in [0, 0.05) is 42.8 Å². The fourth-order valence-corrected chi connectivity index (χ4v) is 2.86. The Morgan fingerprint density at radius 1 is 1.53 bits per heavy atom. The van der Waals surface area contributed by atoms with E-state index in [1.54, 1.807) is 11.3 Å². The maximum absolute atomic E-state index is 4.16. The van der Waals surface area contributed by atoms with Gasteiger partial charge in [-0.3, -0.25) is 9.88 Å². The minimum absolute atomic E-state index is 0.325. The van der Waals surface area contributed by atoms with Crippen LogP contribution in [-0.2, 0) is 6.54 Å². The Morgan fingerprint density at radius 3 is 2.88 bits per heavy atom. The Morgan fingerprint density at radius 2 is 2.29 bits per heavy atom. The van der Waals surface area contributed by atoms with E-state index < -0.39 is 0 Å². The zero-order valence-electron chi connectivity index (χ0n) is 11.2.